The molecule has 1 aromatic rings. The van der Waals surface area contributed by atoms with Crippen molar-refractivity contribution >= 4 is 22.8 Å². The van der Waals surface area contributed by atoms with E-state index in [2.05, 4.69) is 47.0 Å². The Morgan fingerprint density at radius 3 is 2.90 bits per heavy atom. The summed E-state index contributed by atoms with van der Waals surface area (Å²) in [5.41, 5.74) is 6.99. The number of carbonyl (C=O) groups is 1. The van der Waals surface area contributed by atoms with Crippen LogP contribution in [0.5, 0.6) is 0 Å². The second kappa shape index (κ2) is 8.72. The number of carbonyl (C=O) groups excluding carboxylic acids is 1. The molecule has 1 atom stereocenters. The number of hydrogen-bond acceptors (Lipinski definition) is 4. The van der Waals surface area contributed by atoms with Gasteiger partial charge < -0.3 is 0 Å². The van der Waals surface area contributed by atoms with E-state index in [0.717, 1.165) is 37.4 Å². The minimum atomic E-state index is 0.0401. The lowest BCUT2D eigenvalue weighted by Gasteiger charge is -2.10. The van der Waals surface area contributed by atoms with E-state index in [-0.39, 0.29) is 5.91 Å². The molecule has 0 saturated heterocycles. The second-order valence-electron chi connectivity index (χ2n) is 5.21. The van der Waals surface area contributed by atoms with Crippen molar-refractivity contribution in [3.8, 4) is 0 Å². The molecular weight excluding hydrogens is 282 g/mol. The Labute approximate surface area is 130 Å². The van der Waals surface area contributed by atoms with Gasteiger partial charge in [-0.2, -0.15) is 0 Å². The number of nitrogens with one attached hydrogen (secondary N) is 2. The number of nitrogens with zero attached hydrogens (tertiary/aromatic N) is 1. The van der Waals surface area contributed by atoms with Gasteiger partial charge in [-0.15, -0.1) is 0 Å². The molecular formula is C16H23N3OS. The smallest absolute Gasteiger partial charge is 0.238 e. The molecule has 0 radical (unpaired) electrons. The average Bonchev–Trinajstić information content (AvgIpc) is 2.94. The van der Waals surface area contributed by atoms with Crippen LogP contribution in [0.25, 0.3) is 0 Å². The first-order chi connectivity index (χ1) is 10.3. The van der Waals surface area contributed by atoms with Gasteiger partial charge in [0.1, 0.15) is 0 Å². The molecule has 21 heavy (non-hydrogen) atoms. The highest BCUT2D eigenvalue weighted by Gasteiger charge is 2.20. The van der Waals surface area contributed by atoms with Gasteiger partial charge in [0.25, 0.3) is 0 Å². The van der Waals surface area contributed by atoms with Gasteiger partial charge in [-0.25, -0.2) is 0 Å². The molecule has 1 aromatic carbocycles. The number of amides is 1. The van der Waals surface area contributed by atoms with E-state index in [1.54, 1.807) is 11.8 Å². The molecule has 1 heterocycles. The van der Waals surface area contributed by atoms with Gasteiger partial charge in [0.05, 0.1) is 6.54 Å². The number of amidine groups is 1. The number of aliphatic imine (C=N–C) groups is 1. The van der Waals surface area contributed by atoms with Crippen LogP contribution in [0.1, 0.15) is 38.2 Å². The third-order valence-electron chi connectivity index (χ3n) is 3.34. The van der Waals surface area contributed by atoms with Crippen LogP contribution in [0.15, 0.2) is 35.3 Å². The topological polar surface area (TPSA) is 53.5 Å². The molecule has 2 N–H and O–H groups in total. The van der Waals surface area contributed by atoms with Gasteiger partial charge >= 0.3 is 0 Å². The standard InChI is InChI=1S/C16H23N3OS/c1-2-3-5-10-15(20)18-19-16-17-12-14(21-16)11-13-8-6-4-7-9-13/h4,6-9,14H,2-3,5,10-12H2,1H3,(H,17,19)(H,18,20)/t14-/m1/s1. The van der Waals surface area contributed by atoms with Gasteiger partial charge in [-0.3, -0.25) is 20.6 Å². The Morgan fingerprint density at radius 1 is 1.33 bits per heavy atom. The van der Waals surface area contributed by atoms with Crippen molar-refractivity contribution in [1.29, 1.82) is 0 Å². The fraction of sp³-hybridized carbons (Fsp3) is 0.500. The number of unbranched alkanes of at least 4 members (excludes halogenated alkanes) is 2. The molecule has 2 rings (SSSR count). The summed E-state index contributed by atoms with van der Waals surface area (Å²) < 4.78 is 0. The third-order valence-corrected chi connectivity index (χ3v) is 4.44. The van der Waals surface area contributed by atoms with Crippen LogP contribution in [-0.2, 0) is 11.2 Å². The zero-order valence-electron chi connectivity index (χ0n) is 12.5. The highest BCUT2D eigenvalue weighted by molar-refractivity contribution is 8.14. The summed E-state index contributed by atoms with van der Waals surface area (Å²) in [6.07, 6.45) is 4.75. The van der Waals surface area contributed by atoms with Crippen molar-refractivity contribution in [1.82, 2.24) is 10.9 Å². The fourth-order valence-electron chi connectivity index (χ4n) is 2.19. The molecule has 0 spiro atoms. The summed E-state index contributed by atoms with van der Waals surface area (Å²) in [6, 6.07) is 10.4. The first-order valence-corrected chi connectivity index (χ1v) is 8.45. The number of hydrazine groups is 1. The molecule has 0 aliphatic carbocycles. The van der Waals surface area contributed by atoms with E-state index in [1.165, 1.54) is 5.56 Å². The molecule has 0 fully saturated rings. The monoisotopic (exact) mass is 305 g/mol. The Hall–Kier alpha value is -1.49. The van der Waals surface area contributed by atoms with E-state index in [9.17, 15) is 4.79 Å². The number of rotatable bonds is 6. The average molecular weight is 305 g/mol. The fourth-order valence-corrected chi connectivity index (χ4v) is 3.19. The summed E-state index contributed by atoms with van der Waals surface area (Å²) in [5, 5.41) is 1.27. The molecule has 0 unspecified atom stereocenters. The SMILES string of the molecule is CCCCCC(=O)NNC1=NC[C@@H](Cc2ccccc2)S1. The number of benzene rings is 1. The molecule has 1 aliphatic heterocycles. The Kier molecular flexibility index (Phi) is 6.60. The molecule has 0 saturated carbocycles. The molecule has 5 heteroatoms. The first-order valence-electron chi connectivity index (χ1n) is 7.58. The van der Waals surface area contributed by atoms with Crippen LogP contribution in [0.3, 0.4) is 0 Å². The van der Waals surface area contributed by atoms with Crippen LogP contribution in [-0.4, -0.2) is 22.9 Å². The van der Waals surface area contributed by atoms with Crippen molar-refractivity contribution in [2.75, 3.05) is 6.54 Å². The summed E-state index contributed by atoms with van der Waals surface area (Å²) in [5.74, 6) is 0.0401. The van der Waals surface area contributed by atoms with Crippen LogP contribution in [0, 0.1) is 0 Å². The summed E-state index contributed by atoms with van der Waals surface area (Å²) in [4.78, 5) is 16.0. The largest absolute Gasteiger partial charge is 0.277 e. The summed E-state index contributed by atoms with van der Waals surface area (Å²) >= 11 is 1.70. The molecule has 0 bridgehead atoms. The van der Waals surface area contributed by atoms with E-state index in [4.69, 9.17) is 0 Å². The van der Waals surface area contributed by atoms with E-state index < -0.39 is 0 Å². The van der Waals surface area contributed by atoms with Crippen LogP contribution < -0.4 is 10.9 Å². The lowest BCUT2D eigenvalue weighted by atomic mass is 10.1. The molecule has 114 valence electrons. The van der Waals surface area contributed by atoms with Crippen molar-refractivity contribution in [3.63, 3.8) is 0 Å². The Morgan fingerprint density at radius 2 is 2.14 bits per heavy atom. The van der Waals surface area contributed by atoms with Gasteiger partial charge in [0.15, 0.2) is 5.17 Å². The van der Waals surface area contributed by atoms with Crippen molar-refractivity contribution in [3.05, 3.63) is 35.9 Å². The maximum absolute atomic E-state index is 11.6. The minimum Gasteiger partial charge on any atom is -0.277 e. The quantitative estimate of drug-likeness (QED) is 0.627. The van der Waals surface area contributed by atoms with Gasteiger partial charge in [-0.05, 0) is 18.4 Å². The highest BCUT2D eigenvalue weighted by Crippen LogP contribution is 2.22. The maximum atomic E-state index is 11.6. The van der Waals surface area contributed by atoms with Crippen molar-refractivity contribution < 1.29 is 4.79 Å². The summed E-state index contributed by atoms with van der Waals surface area (Å²) in [6.45, 7) is 2.93. The maximum Gasteiger partial charge on any atom is 0.238 e. The molecule has 1 amide bonds. The third kappa shape index (κ3) is 5.79. The Bertz CT molecular complexity index is 476. The van der Waals surface area contributed by atoms with Crippen LogP contribution in [0.4, 0.5) is 0 Å². The molecule has 0 aromatic heterocycles. The number of thioether (sulfide) groups is 1. The highest BCUT2D eigenvalue weighted by atomic mass is 32.2. The summed E-state index contributed by atoms with van der Waals surface area (Å²) in [7, 11) is 0. The molecule has 1 aliphatic rings. The van der Waals surface area contributed by atoms with Crippen LogP contribution >= 0.6 is 11.8 Å². The second-order valence-corrected chi connectivity index (χ2v) is 6.49. The zero-order valence-corrected chi connectivity index (χ0v) is 13.3. The van der Waals surface area contributed by atoms with Gasteiger partial charge in [0.2, 0.25) is 5.91 Å². The minimum absolute atomic E-state index is 0.0401. The molecule has 4 nitrogen and oxygen atoms in total. The lowest BCUT2D eigenvalue weighted by molar-refractivity contribution is -0.121. The Balaban J connectivity index is 1.64. The van der Waals surface area contributed by atoms with E-state index in [0.29, 0.717) is 11.7 Å². The van der Waals surface area contributed by atoms with Gasteiger partial charge in [0, 0.05) is 11.7 Å². The van der Waals surface area contributed by atoms with Crippen LogP contribution in [0.2, 0.25) is 0 Å². The van der Waals surface area contributed by atoms with E-state index in [1.807, 2.05) is 6.07 Å². The van der Waals surface area contributed by atoms with Crippen molar-refractivity contribution in [2.24, 2.45) is 4.99 Å². The number of hydrogen-bond donors (Lipinski definition) is 2. The predicted octanol–water partition coefficient (Wildman–Crippen LogP) is 2.90. The predicted molar refractivity (Wildman–Crippen MR) is 89.2 cm³/mol. The zero-order chi connectivity index (χ0) is 14.9. The lowest BCUT2D eigenvalue weighted by Crippen LogP contribution is -2.39. The van der Waals surface area contributed by atoms with Gasteiger partial charge in [-0.1, -0.05) is 61.9 Å². The van der Waals surface area contributed by atoms with Crippen molar-refractivity contribution in [2.45, 2.75) is 44.3 Å². The van der Waals surface area contributed by atoms with E-state index >= 15 is 0 Å². The first kappa shape index (κ1) is 15.9. The normalized spacial score (nSPS) is 17.4.